The highest BCUT2D eigenvalue weighted by Gasteiger charge is 2.14. The maximum absolute atomic E-state index is 11.4. The number of sulfonamides is 1. The Bertz CT molecular complexity index is 718. The monoisotopic (exact) mass is 324 g/mol. The summed E-state index contributed by atoms with van der Waals surface area (Å²) in [6.07, 6.45) is 0.833. The highest BCUT2D eigenvalue weighted by atomic mass is 35.5. The Kier molecular flexibility index (Phi) is 4.88. The predicted molar refractivity (Wildman–Crippen MR) is 85.9 cm³/mol. The third kappa shape index (κ3) is 3.97. The van der Waals surface area contributed by atoms with Gasteiger partial charge in [-0.15, -0.1) is 0 Å². The third-order valence-corrected chi connectivity index (χ3v) is 4.45. The number of anilines is 1. The number of primary sulfonamides is 1. The van der Waals surface area contributed by atoms with Crippen LogP contribution in [0.1, 0.15) is 24.9 Å². The van der Waals surface area contributed by atoms with Gasteiger partial charge in [0.25, 0.3) is 0 Å². The van der Waals surface area contributed by atoms with Crippen molar-refractivity contribution in [2.24, 2.45) is 5.14 Å². The molecule has 2 rings (SSSR count). The molecule has 0 radical (unpaired) electrons. The number of hydrogen-bond acceptors (Lipinski definition) is 3. The molecule has 21 heavy (non-hydrogen) atoms. The van der Waals surface area contributed by atoms with E-state index < -0.39 is 10.0 Å². The first-order valence-corrected chi connectivity index (χ1v) is 8.48. The molecule has 4 nitrogen and oxygen atoms in total. The van der Waals surface area contributed by atoms with Crippen LogP contribution in [0.5, 0.6) is 0 Å². The first kappa shape index (κ1) is 15.8. The molecule has 0 saturated heterocycles. The number of nitrogens with two attached hydrogens (primary N) is 1. The van der Waals surface area contributed by atoms with Crippen molar-refractivity contribution >= 4 is 27.3 Å². The molecule has 1 unspecified atom stereocenters. The van der Waals surface area contributed by atoms with Crippen molar-refractivity contribution in [3.63, 3.8) is 0 Å². The molecule has 0 aliphatic heterocycles. The van der Waals surface area contributed by atoms with E-state index in [1.807, 2.05) is 37.3 Å². The topological polar surface area (TPSA) is 72.2 Å². The molecule has 0 spiro atoms. The molecule has 112 valence electrons. The number of nitrogens with one attached hydrogen (secondary N) is 1. The van der Waals surface area contributed by atoms with Crippen molar-refractivity contribution in [2.45, 2.75) is 24.3 Å². The minimum absolute atomic E-state index is 0.0392. The van der Waals surface area contributed by atoms with Gasteiger partial charge >= 0.3 is 0 Å². The molecule has 0 saturated carbocycles. The van der Waals surface area contributed by atoms with Gasteiger partial charge in [-0.05, 0) is 30.2 Å². The second kappa shape index (κ2) is 6.47. The van der Waals surface area contributed by atoms with Crippen LogP contribution in [0.3, 0.4) is 0 Å². The van der Waals surface area contributed by atoms with E-state index in [0.717, 1.165) is 12.0 Å². The van der Waals surface area contributed by atoms with Gasteiger partial charge < -0.3 is 5.32 Å². The van der Waals surface area contributed by atoms with Gasteiger partial charge in [0, 0.05) is 0 Å². The third-order valence-electron chi connectivity index (χ3n) is 3.21. The van der Waals surface area contributed by atoms with Gasteiger partial charge in [-0.2, -0.15) is 0 Å². The van der Waals surface area contributed by atoms with Gasteiger partial charge in [0.05, 0.1) is 21.6 Å². The summed E-state index contributed by atoms with van der Waals surface area (Å²) in [5.74, 6) is 0. The summed E-state index contributed by atoms with van der Waals surface area (Å²) < 4.78 is 22.9. The van der Waals surface area contributed by atoms with Crippen LogP contribution in [-0.4, -0.2) is 8.42 Å². The average Bonchev–Trinajstić information content (AvgIpc) is 2.46. The molecule has 0 aromatic heterocycles. The molecular weight excluding hydrogens is 308 g/mol. The van der Waals surface area contributed by atoms with E-state index in [9.17, 15) is 8.42 Å². The fourth-order valence-electron chi connectivity index (χ4n) is 2.09. The van der Waals surface area contributed by atoms with Crippen LogP contribution in [0.4, 0.5) is 5.69 Å². The van der Waals surface area contributed by atoms with Crippen LogP contribution in [0.15, 0.2) is 53.4 Å². The highest BCUT2D eigenvalue weighted by Crippen LogP contribution is 2.29. The SMILES string of the molecule is CCC(Nc1cc(S(N)(=O)=O)ccc1Cl)c1ccccc1. The Labute approximate surface area is 130 Å². The van der Waals surface area contributed by atoms with Crippen LogP contribution in [0.2, 0.25) is 5.02 Å². The quantitative estimate of drug-likeness (QED) is 0.883. The lowest BCUT2D eigenvalue weighted by Gasteiger charge is -2.20. The van der Waals surface area contributed by atoms with Crippen molar-refractivity contribution in [2.75, 3.05) is 5.32 Å². The normalized spacial score (nSPS) is 12.9. The van der Waals surface area contributed by atoms with Crippen LogP contribution >= 0.6 is 11.6 Å². The predicted octanol–water partition coefficient (Wildman–Crippen LogP) is 3.55. The largest absolute Gasteiger partial charge is 0.377 e. The van der Waals surface area contributed by atoms with Crippen molar-refractivity contribution in [1.29, 1.82) is 0 Å². The first-order valence-electron chi connectivity index (χ1n) is 6.55. The standard InChI is InChI=1S/C15H17ClN2O2S/c1-2-14(11-6-4-3-5-7-11)18-15-10-12(21(17,19)20)8-9-13(15)16/h3-10,14,18H,2H2,1H3,(H2,17,19,20). The first-order chi connectivity index (χ1) is 9.91. The molecule has 0 aliphatic rings. The molecule has 1 atom stereocenters. The molecule has 0 bridgehead atoms. The Morgan fingerprint density at radius 3 is 2.43 bits per heavy atom. The van der Waals surface area contributed by atoms with Gasteiger partial charge in [-0.3, -0.25) is 0 Å². The van der Waals surface area contributed by atoms with Gasteiger partial charge in [-0.25, -0.2) is 13.6 Å². The minimum Gasteiger partial charge on any atom is -0.377 e. The average molecular weight is 325 g/mol. The van der Waals surface area contributed by atoms with Crippen molar-refractivity contribution in [3.8, 4) is 0 Å². The van der Waals surface area contributed by atoms with Gasteiger partial charge in [0.15, 0.2) is 0 Å². The fraction of sp³-hybridized carbons (Fsp3) is 0.200. The molecule has 2 aromatic rings. The van der Waals surface area contributed by atoms with Gasteiger partial charge in [0.1, 0.15) is 0 Å². The fourth-order valence-corrected chi connectivity index (χ4v) is 2.80. The Morgan fingerprint density at radius 2 is 1.86 bits per heavy atom. The van der Waals surface area contributed by atoms with Crippen molar-refractivity contribution in [1.82, 2.24) is 0 Å². The molecule has 0 amide bonds. The second-order valence-corrected chi connectivity index (χ2v) is 6.67. The molecule has 6 heteroatoms. The second-order valence-electron chi connectivity index (χ2n) is 4.70. The number of rotatable bonds is 5. The maximum Gasteiger partial charge on any atom is 0.238 e. The molecule has 0 fully saturated rings. The van der Waals surface area contributed by atoms with Crippen LogP contribution in [0, 0.1) is 0 Å². The molecule has 0 aliphatic carbocycles. The van der Waals surface area contributed by atoms with Gasteiger partial charge in [-0.1, -0.05) is 48.9 Å². The summed E-state index contributed by atoms with van der Waals surface area (Å²) in [6.45, 7) is 2.04. The summed E-state index contributed by atoms with van der Waals surface area (Å²) in [4.78, 5) is 0.0392. The molecule has 0 heterocycles. The zero-order valence-electron chi connectivity index (χ0n) is 11.6. The zero-order chi connectivity index (χ0) is 15.5. The lowest BCUT2D eigenvalue weighted by molar-refractivity contribution is 0.598. The summed E-state index contributed by atoms with van der Waals surface area (Å²) in [5.41, 5.74) is 1.66. The zero-order valence-corrected chi connectivity index (χ0v) is 13.2. The van der Waals surface area contributed by atoms with E-state index in [1.165, 1.54) is 18.2 Å². The van der Waals surface area contributed by atoms with E-state index in [1.54, 1.807) is 0 Å². The van der Waals surface area contributed by atoms with E-state index in [0.29, 0.717) is 10.7 Å². The Hall–Kier alpha value is -1.56. The number of benzene rings is 2. The maximum atomic E-state index is 11.4. The smallest absolute Gasteiger partial charge is 0.238 e. The lowest BCUT2D eigenvalue weighted by atomic mass is 10.0. The lowest BCUT2D eigenvalue weighted by Crippen LogP contribution is -2.14. The van der Waals surface area contributed by atoms with E-state index in [2.05, 4.69) is 5.32 Å². The van der Waals surface area contributed by atoms with E-state index in [-0.39, 0.29) is 10.9 Å². The number of hydrogen-bond donors (Lipinski definition) is 2. The number of halogens is 1. The summed E-state index contributed by atoms with van der Waals surface area (Å²) in [6, 6.07) is 14.3. The highest BCUT2D eigenvalue weighted by molar-refractivity contribution is 7.89. The Morgan fingerprint density at radius 1 is 1.19 bits per heavy atom. The molecule has 2 aromatic carbocycles. The molecule has 3 N–H and O–H groups in total. The molecular formula is C15H17ClN2O2S. The summed E-state index contributed by atoms with van der Waals surface area (Å²) in [5, 5.41) is 8.88. The van der Waals surface area contributed by atoms with Crippen LogP contribution in [0.25, 0.3) is 0 Å². The van der Waals surface area contributed by atoms with Crippen LogP contribution < -0.4 is 10.5 Å². The summed E-state index contributed by atoms with van der Waals surface area (Å²) >= 11 is 6.14. The van der Waals surface area contributed by atoms with Crippen molar-refractivity contribution in [3.05, 3.63) is 59.1 Å². The summed E-state index contributed by atoms with van der Waals surface area (Å²) in [7, 11) is -3.75. The Balaban J connectivity index is 2.34. The van der Waals surface area contributed by atoms with Crippen molar-refractivity contribution < 1.29 is 8.42 Å². The van der Waals surface area contributed by atoms with E-state index in [4.69, 9.17) is 16.7 Å². The van der Waals surface area contributed by atoms with E-state index >= 15 is 0 Å². The minimum atomic E-state index is -3.75. The van der Waals surface area contributed by atoms with Gasteiger partial charge in [0.2, 0.25) is 10.0 Å². The van der Waals surface area contributed by atoms with Crippen LogP contribution in [-0.2, 0) is 10.0 Å².